The third-order valence-electron chi connectivity index (χ3n) is 7.02. The molecule has 2 aliphatic rings. The summed E-state index contributed by atoms with van der Waals surface area (Å²) in [6.45, 7) is 0.804. The third kappa shape index (κ3) is 3.31. The van der Waals surface area contributed by atoms with E-state index in [2.05, 4.69) is 24.9 Å². The number of rotatable bonds is 4. The molecule has 36 heavy (non-hydrogen) atoms. The minimum absolute atomic E-state index is 0.194. The van der Waals surface area contributed by atoms with Crippen molar-refractivity contribution in [2.24, 2.45) is 0 Å². The summed E-state index contributed by atoms with van der Waals surface area (Å²) in [6.07, 6.45) is 8.84. The number of aromatic amines is 1. The molecule has 6 rings (SSSR count). The maximum atomic E-state index is 13.5. The first-order chi connectivity index (χ1) is 17.5. The minimum atomic E-state index is -0.608. The number of H-pyrrole nitrogens is 1. The summed E-state index contributed by atoms with van der Waals surface area (Å²) in [5.74, 6) is 0.145. The number of benzene rings is 1. The predicted molar refractivity (Wildman–Crippen MR) is 127 cm³/mol. The number of aromatic nitrogens is 5. The highest BCUT2D eigenvalue weighted by Gasteiger charge is 2.55. The number of ether oxygens (including phenoxy) is 1. The number of amides is 2. The number of aliphatic hydroxyl groups is 1. The maximum Gasteiger partial charge on any atom is 0.274 e. The molecule has 0 aliphatic carbocycles. The van der Waals surface area contributed by atoms with Gasteiger partial charge in [-0.3, -0.25) is 19.6 Å². The number of likely N-dealkylation sites (tertiary alicyclic amines) is 1. The van der Waals surface area contributed by atoms with Crippen LogP contribution in [0.4, 0.5) is 0 Å². The Kier molecular flexibility index (Phi) is 5.15. The number of methoxy groups -OCH3 is 1. The van der Waals surface area contributed by atoms with Crippen LogP contribution < -0.4 is 4.74 Å². The third-order valence-corrected chi connectivity index (χ3v) is 7.02. The number of hydrogen-bond acceptors (Lipinski definition) is 8. The molecule has 182 valence electrons. The van der Waals surface area contributed by atoms with Crippen molar-refractivity contribution in [1.82, 2.24) is 34.7 Å². The number of carbonyl (C=O) groups is 2. The van der Waals surface area contributed by atoms with Crippen LogP contribution in [0.2, 0.25) is 0 Å². The molecule has 0 radical (unpaired) electrons. The fraction of sp³-hybridized carbons (Fsp3) is 0.280. The van der Waals surface area contributed by atoms with Crippen molar-refractivity contribution in [3.8, 4) is 5.75 Å². The monoisotopic (exact) mass is 485 g/mol. The van der Waals surface area contributed by atoms with E-state index < -0.39 is 11.5 Å². The van der Waals surface area contributed by atoms with Gasteiger partial charge < -0.3 is 24.6 Å². The molecule has 1 saturated heterocycles. The normalized spacial score (nSPS) is 18.1. The highest BCUT2D eigenvalue weighted by molar-refractivity contribution is 5.96. The fourth-order valence-electron chi connectivity index (χ4n) is 5.43. The Morgan fingerprint density at radius 3 is 2.36 bits per heavy atom. The number of aliphatic hydroxyl groups excluding tert-OH is 1. The largest absolute Gasteiger partial charge is 0.497 e. The second-order valence-corrected chi connectivity index (χ2v) is 9.08. The molecule has 0 bridgehead atoms. The summed E-state index contributed by atoms with van der Waals surface area (Å²) < 4.78 is 5.40. The lowest BCUT2D eigenvalue weighted by Crippen LogP contribution is -2.68. The second kappa shape index (κ2) is 8.38. The van der Waals surface area contributed by atoms with Gasteiger partial charge in [0.05, 0.1) is 37.6 Å². The molecule has 5 heterocycles. The van der Waals surface area contributed by atoms with Gasteiger partial charge in [-0.15, -0.1) is 0 Å². The Hall–Kier alpha value is -4.38. The van der Waals surface area contributed by atoms with Gasteiger partial charge in [0.15, 0.2) is 0 Å². The van der Waals surface area contributed by atoms with E-state index in [0.717, 1.165) is 22.2 Å². The SMILES string of the molecule is COc1ccc2c3c([nH]c2c1)[C@H](CO)N(C(=O)c1cnccn1)CC31CN(C(=O)c2cnccn2)C1. The van der Waals surface area contributed by atoms with E-state index in [1.54, 1.807) is 16.9 Å². The Bertz CT molecular complexity index is 1450. The first-order valence-corrected chi connectivity index (χ1v) is 11.5. The van der Waals surface area contributed by atoms with Crippen LogP contribution in [0.15, 0.2) is 55.4 Å². The van der Waals surface area contributed by atoms with Crippen LogP contribution in [-0.2, 0) is 5.41 Å². The summed E-state index contributed by atoms with van der Waals surface area (Å²) in [7, 11) is 1.60. The Morgan fingerprint density at radius 2 is 1.75 bits per heavy atom. The fourth-order valence-corrected chi connectivity index (χ4v) is 5.43. The smallest absolute Gasteiger partial charge is 0.274 e. The molecule has 0 saturated carbocycles. The molecule has 4 aromatic rings. The van der Waals surface area contributed by atoms with Gasteiger partial charge in [-0.1, -0.05) is 0 Å². The van der Waals surface area contributed by atoms with E-state index >= 15 is 0 Å². The molecule has 2 N–H and O–H groups in total. The zero-order valence-electron chi connectivity index (χ0n) is 19.5. The predicted octanol–water partition coefficient (Wildman–Crippen LogP) is 1.34. The van der Waals surface area contributed by atoms with Gasteiger partial charge in [-0.25, -0.2) is 9.97 Å². The summed E-state index contributed by atoms with van der Waals surface area (Å²) in [6, 6.07) is 5.15. The topological polar surface area (TPSA) is 137 Å². The lowest BCUT2D eigenvalue weighted by atomic mass is 9.68. The van der Waals surface area contributed by atoms with Crippen molar-refractivity contribution in [1.29, 1.82) is 0 Å². The first kappa shape index (κ1) is 22.1. The zero-order chi connectivity index (χ0) is 24.9. The molecule has 2 aliphatic heterocycles. The Balaban J connectivity index is 1.44. The van der Waals surface area contributed by atoms with Gasteiger partial charge in [0, 0.05) is 67.1 Å². The van der Waals surface area contributed by atoms with Crippen molar-refractivity contribution >= 4 is 22.7 Å². The summed E-state index contributed by atoms with van der Waals surface area (Å²) >= 11 is 0. The van der Waals surface area contributed by atoms with E-state index in [9.17, 15) is 14.7 Å². The van der Waals surface area contributed by atoms with Gasteiger partial charge in [0.2, 0.25) is 0 Å². The second-order valence-electron chi connectivity index (χ2n) is 9.08. The molecule has 11 nitrogen and oxygen atoms in total. The maximum absolute atomic E-state index is 13.5. The number of hydrogen-bond donors (Lipinski definition) is 2. The average molecular weight is 486 g/mol. The minimum Gasteiger partial charge on any atom is -0.497 e. The number of nitrogens with zero attached hydrogens (tertiary/aromatic N) is 6. The Morgan fingerprint density at radius 1 is 1.06 bits per heavy atom. The molecule has 1 aromatic carbocycles. The van der Waals surface area contributed by atoms with Gasteiger partial charge in [0.1, 0.15) is 17.1 Å². The molecule has 1 fully saturated rings. The zero-order valence-corrected chi connectivity index (χ0v) is 19.5. The van der Waals surface area contributed by atoms with Crippen molar-refractivity contribution in [2.45, 2.75) is 11.5 Å². The molecule has 11 heteroatoms. The van der Waals surface area contributed by atoms with Gasteiger partial charge in [-0.2, -0.15) is 0 Å². The number of carbonyl (C=O) groups excluding carboxylic acids is 2. The van der Waals surface area contributed by atoms with Crippen LogP contribution in [0.5, 0.6) is 5.75 Å². The van der Waals surface area contributed by atoms with Gasteiger partial charge in [-0.05, 0) is 17.7 Å². The Labute approximate surface area is 205 Å². The average Bonchev–Trinajstić information content (AvgIpc) is 3.30. The van der Waals surface area contributed by atoms with E-state index in [1.807, 2.05) is 18.2 Å². The lowest BCUT2D eigenvalue weighted by Gasteiger charge is -2.55. The van der Waals surface area contributed by atoms with Crippen molar-refractivity contribution in [3.63, 3.8) is 0 Å². The van der Waals surface area contributed by atoms with Crippen molar-refractivity contribution < 1.29 is 19.4 Å². The molecule has 1 spiro atoms. The van der Waals surface area contributed by atoms with Crippen LogP contribution in [0, 0.1) is 0 Å². The molecular formula is C25H23N7O4. The van der Waals surface area contributed by atoms with Gasteiger partial charge in [0.25, 0.3) is 11.8 Å². The lowest BCUT2D eigenvalue weighted by molar-refractivity contribution is 0.00252. The van der Waals surface area contributed by atoms with E-state index in [-0.39, 0.29) is 29.8 Å². The van der Waals surface area contributed by atoms with Crippen LogP contribution in [0.3, 0.4) is 0 Å². The molecule has 3 aromatic heterocycles. The quantitative estimate of drug-likeness (QED) is 0.442. The molecule has 1 atom stereocenters. The number of fused-ring (bicyclic) bond motifs is 4. The summed E-state index contributed by atoms with van der Waals surface area (Å²) in [5, 5.41) is 11.4. The van der Waals surface area contributed by atoms with Gasteiger partial charge >= 0.3 is 0 Å². The molecular weight excluding hydrogens is 462 g/mol. The molecule has 2 amide bonds. The first-order valence-electron chi connectivity index (χ1n) is 11.5. The van der Waals surface area contributed by atoms with E-state index in [1.165, 1.54) is 37.2 Å². The van der Waals surface area contributed by atoms with E-state index in [4.69, 9.17) is 4.74 Å². The van der Waals surface area contributed by atoms with E-state index in [0.29, 0.717) is 25.4 Å². The summed E-state index contributed by atoms with van der Waals surface area (Å²) in [4.78, 5) is 49.7. The van der Waals surface area contributed by atoms with Crippen molar-refractivity contribution in [3.05, 3.63) is 78.0 Å². The number of nitrogens with one attached hydrogen (secondary N) is 1. The van der Waals surface area contributed by atoms with Crippen LogP contribution in [0.25, 0.3) is 10.9 Å². The van der Waals surface area contributed by atoms with Crippen LogP contribution in [-0.4, -0.2) is 85.0 Å². The van der Waals surface area contributed by atoms with Crippen molar-refractivity contribution in [2.75, 3.05) is 33.4 Å². The highest BCUT2D eigenvalue weighted by atomic mass is 16.5. The van der Waals surface area contributed by atoms with Crippen LogP contribution in [0.1, 0.15) is 38.3 Å². The molecule has 0 unspecified atom stereocenters. The van der Waals surface area contributed by atoms with Crippen LogP contribution >= 0.6 is 0 Å². The standard InChI is InChI=1S/C25H23N7O4/c1-36-15-2-3-16-17(8-15)30-22-20(11-33)32(24(35)19-10-27-5-7-29-19)14-25(21(16)22)12-31(13-25)23(34)18-9-26-4-6-28-18/h2-10,20,30,33H,11-14H2,1H3/t20-/m0/s1. The summed E-state index contributed by atoms with van der Waals surface area (Å²) in [5.41, 5.74) is 2.52. The highest BCUT2D eigenvalue weighted by Crippen LogP contribution is 2.49.